The molecule has 0 aromatic heterocycles. The van der Waals surface area contributed by atoms with Gasteiger partial charge in [0.2, 0.25) is 0 Å². The number of hydrogen-bond donors (Lipinski definition) is 0. The van der Waals surface area contributed by atoms with Crippen LogP contribution in [0.3, 0.4) is 0 Å². The SMILES string of the molecule is C=CC1CC=C(C2=CCCC=CCC2)CC1. The molecule has 0 saturated heterocycles. The van der Waals surface area contributed by atoms with Crippen LogP contribution in [-0.2, 0) is 0 Å². The van der Waals surface area contributed by atoms with Crippen LogP contribution in [0.15, 0.2) is 48.1 Å². The molecule has 0 heterocycles. The maximum absolute atomic E-state index is 3.90. The summed E-state index contributed by atoms with van der Waals surface area (Å²) in [5, 5.41) is 0. The van der Waals surface area contributed by atoms with E-state index in [-0.39, 0.29) is 0 Å². The molecule has 0 amide bonds. The van der Waals surface area contributed by atoms with Gasteiger partial charge in [0, 0.05) is 0 Å². The summed E-state index contributed by atoms with van der Waals surface area (Å²) in [6, 6.07) is 0. The van der Waals surface area contributed by atoms with Crippen molar-refractivity contribution in [3.05, 3.63) is 48.1 Å². The van der Waals surface area contributed by atoms with Gasteiger partial charge in [-0.15, -0.1) is 6.58 Å². The van der Waals surface area contributed by atoms with Gasteiger partial charge in [-0.1, -0.05) is 30.4 Å². The van der Waals surface area contributed by atoms with Crippen LogP contribution in [0.5, 0.6) is 0 Å². The molecule has 0 spiro atoms. The normalized spacial score (nSPS) is 26.4. The molecule has 0 aliphatic heterocycles. The van der Waals surface area contributed by atoms with E-state index in [0.29, 0.717) is 0 Å². The first-order valence-electron chi connectivity index (χ1n) is 6.56. The average molecular weight is 214 g/mol. The fraction of sp³-hybridized carbons (Fsp3) is 0.500. The molecule has 0 bridgehead atoms. The van der Waals surface area contributed by atoms with Crippen LogP contribution in [0, 0.1) is 5.92 Å². The van der Waals surface area contributed by atoms with Gasteiger partial charge in [0.1, 0.15) is 0 Å². The maximum Gasteiger partial charge on any atom is -0.0198 e. The summed E-state index contributed by atoms with van der Waals surface area (Å²) in [5.41, 5.74) is 3.24. The predicted molar refractivity (Wildman–Crippen MR) is 71.3 cm³/mol. The van der Waals surface area contributed by atoms with Crippen LogP contribution >= 0.6 is 0 Å². The van der Waals surface area contributed by atoms with Gasteiger partial charge in [0.15, 0.2) is 0 Å². The molecule has 2 aliphatic rings. The second-order valence-corrected chi connectivity index (χ2v) is 4.82. The van der Waals surface area contributed by atoms with E-state index in [1.807, 2.05) is 0 Å². The molecule has 86 valence electrons. The average Bonchev–Trinajstić information content (AvgIpc) is 2.29. The van der Waals surface area contributed by atoms with Crippen LogP contribution in [0.2, 0.25) is 0 Å². The van der Waals surface area contributed by atoms with Crippen molar-refractivity contribution in [3.8, 4) is 0 Å². The highest BCUT2D eigenvalue weighted by Gasteiger charge is 2.14. The highest BCUT2D eigenvalue weighted by atomic mass is 14.2. The standard InChI is InChI=1S/C16H22/c1-2-14-10-12-16(13-11-14)15-8-6-4-3-5-7-9-15/h2-4,9,12,14H,1,5-8,10-11,13H2. The van der Waals surface area contributed by atoms with Crippen LogP contribution in [0.4, 0.5) is 0 Å². The monoisotopic (exact) mass is 214 g/mol. The van der Waals surface area contributed by atoms with Gasteiger partial charge in [-0.05, 0) is 62.0 Å². The second-order valence-electron chi connectivity index (χ2n) is 4.82. The lowest BCUT2D eigenvalue weighted by molar-refractivity contribution is 0.568. The van der Waals surface area contributed by atoms with Crippen molar-refractivity contribution in [1.82, 2.24) is 0 Å². The van der Waals surface area contributed by atoms with Crippen LogP contribution in [-0.4, -0.2) is 0 Å². The van der Waals surface area contributed by atoms with Crippen molar-refractivity contribution >= 4 is 0 Å². The quantitative estimate of drug-likeness (QED) is 0.570. The molecule has 0 nitrogen and oxygen atoms in total. The van der Waals surface area contributed by atoms with Gasteiger partial charge in [0.05, 0.1) is 0 Å². The lowest BCUT2D eigenvalue weighted by atomic mass is 9.84. The zero-order valence-corrected chi connectivity index (χ0v) is 10.1. The molecule has 0 heteroatoms. The Kier molecular flexibility index (Phi) is 4.21. The predicted octanol–water partition coefficient (Wildman–Crippen LogP) is 4.96. The van der Waals surface area contributed by atoms with E-state index in [1.165, 1.54) is 44.9 Å². The van der Waals surface area contributed by atoms with Gasteiger partial charge < -0.3 is 0 Å². The molecule has 1 unspecified atom stereocenters. The lowest BCUT2D eigenvalue weighted by Crippen LogP contribution is -2.04. The number of allylic oxidation sites excluding steroid dienone is 7. The maximum atomic E-state index is 3.90. The van der Waals surface area contributed by atoms with Crippen molar-refractivity contribution in [2.45, 2.75) is 44.9 Å². The van der Waals surface area contributed by atoms with Gasteiger partial charge in [0.25, 0.3) is 0 Å². The Morgan fingerprint density at radius 1 is 1.00 bits per heavy atom. The molecule has 0 aromatic rings. The summed E-state index contributed by atoms with van der Waals surface area (Å²) in [4.78, 5) is 0. The second kappa shape index (κ2) is 5.89. The van der Waals surface area contributed by atoms with E-state index < -0.39 is 0 Å². The van der Waals surface area contributed by atoms with E-state index in [0.717, 1.165) is 5.92 Å². The lowest BCUT2D eigenvalue weighted by Gasteiger charge is -2.21. The molecular formula is C16H22. The molecule has 0 N–H and O–H groups in total. The van der Waals surface area contributed by atoms with Crippen LogP contribution < -0.4 is 0 Å². The van der Waals surface area contributed by atoms with E-state index >= 15 is 0 Å². The summed E-state index contributed by atoms with van der Waals surface area (Å²) >= 11 is 0. The van der Waals surface area contributed by atoms with Gasteiger partial charge >= 0.3 is 0 Å². The molecule has 0 radical (unpaired) electrons. The first-order valence-corrected chi connectivity index (χ1v) is 6.56. The van der Waals surface area contributed by atoms with Gasteiger partial charge in [-0.2, -0.15) is 0 Å². The molecule has 2 rings (SSSR count). The number of rotatable bonds is 2. The summed E-state index contributed by atoms with van der Waals surface area (Å²) in [7, 11) is 0. The first kappa shape index (κ1) is 11.4. The van der Waals surface area contributed by atoms with Crippen molar-refractivity contribution in [2.24, 2.45) is 5.92 Å². The Hall–Kier alpha value is -1.04. The fourth-order valence-corrected chi connectivity index (χ4v) is 2.58. The summed E-state index contributed by atoms with van der Waals surface area (Å²) < 4.78 is 0. The van der Waals surface area contributed by atoms with E-state index in [4.69, 9.17) is 0 Å². The largest absolute Gasteiger partial charge is 0.103 e. The first-order chi connectivity index (χ1) is 7.90. The minimum atomic E-state index is 0.720. The zero-order chi connectivity index (χ0) is 11.2. The van der Waals surface area contributed by atoms with Crippen molar-refractivity contribution < 1.29 is 0 Å². The van der Waals surface area contributed by atoms with Crippen molar-refractivity contribution in [1.29, 1.82) is 0 Å². The Balaban J connectivity index is 2.01. The van der Waals surface area contributed by atoms with Crippen LogP contribution in [0.25, 0.3) is 0 Å². The van der Waals surface area contributed by atoms with E-state index in [1.54, 1.807) is 11.1 Å². The van der Waals surface area contributed by atoms with Gasteiger partial charge in [-0.25, -0.2) is 0 Å². The highest BCUT2D eigenvalue weighted by Crippen LogP contribution is 2.31. The van der Waals surface area contributed by atoms with Crippen molar-refractivity contribution in [2.75, 3.05) is 0 Å². The van der Waals surface area contributed by atoms with E-state index in [2.05, 4.69) is 37.0 Å². The molecular weight excluding hydrogens is 192 g/mol. The topological polar surface area (TPSA) is 0 Å². The Bertz CT molecular complexity index is 328. The smallest absolute Gasteiger partial charge is 0.0198 e. The third-order valence-electron chi connectivity index (χ3n) is 3.67. The minimum absolute atomic E-state index is 0.720. The zero-order valence-electron chi connectivity index (χ0n) is 10.1. The minimum Gasteiger partial charge on any atom is -0.103 e. The fourth-order valence-electron chi connectivity index (χ4n) is 2.58. The van der Waals surface area contributed by atoms with Crippen LogP contribution in [0.1, 0.15) is 44.9 Å². The Labute approximate surface area is 99.4 Å². The van der Waals surface area contributed by atoms with Gasteiger partial charge in [-0.3, -0.25) is 0 Å². The van der Waals surface area contributed by atoms with Crippen molar-refractivity contribution in [3.63, 3.8) is 0 Å². The summed E-state index contributed by atoms with van der Waals surface area (Å²) in [6.07, 6.45) is 20.3. The highest BCUT2D eigenvalue weighted by molar-refractivity contribution is 5.33. The third-order valence-corrected chi connectivity index (χ3v) is 3.67. The van der Waals surface area contributed by atoms with E-state index in [9.17, 15) is 0 Å². The molecule has 1 atom stereocenters. The summed E-state index contributed by atoms with van der Waals surface area (Å²) in [5.74, 6) is 0.720. The Morgan fingerprint density at radius 2 is 1.81 bits per heavy atom. The number of hydrogen-bond acceptors (Lipinski definition) is 0. The molecule has 0 saturated carbocycles. The third kappa shape index (κ3) is 2.98. The molecule has 2 aliphatic carbocycles. The summed E-state index contributed by atoms with van der Waals surface area (Å²) in [6.45, 7) is 3.90. The molecule has 0 aromatic carbocycles. The molecule has 16 heavy (non-hydrogen) atoms. The molecule has 0 fully saturated rings. The Morgan fingerprint density at radius 3 is 2.56 bits per heavy atom.